The molecular weight excluding hydrogens is 178 g/mol. The van der Waals surface area contributed by atoms with E-state index in [4.69, 9.17) is 5.73 Å². The summed E-state index contributed by atoms with van der Waals surface area (Å²) in [6.07, 6.45) is 0.422. The van der Waals surface area contributed by atoms with Crippen LogP contribution >= 0.6 is 0 Å². The third-order valence-electron chi connectivity index (χ3n) is 2.36. The van der Waals surface area contributed by atoms with Gasteiger partial charge in [-0.05, 0) is 6.42 Å². The van der Waals surface area contributed by atoms with Crippen molar-refractivity contribution in [3.8, 4) is 0 Å². The number of carbonyl (C=O) groups excluding carboxylic acids is 1. The topological polar surface area (TPSA) is 77.2 Å². The van der Waals surface area contributed by atoms with Crippen molar-refractivity contribution in [2.45, 2.75) is 13.3 Å². The standard InChI is InChI=1S/C7H13NO3S/c1-7(6(9)4-8)2-3-12(10,11)5-7/h2-5,8H2,1H3. The highest BCUT2D eigenvalue weighted by molar-refractivity contribution is 7.91. The van der Waals surface area contributed by atoms with Crippen LogP contribution in [0.15, 0.2) is 0 Å². The van der Waals surface area contributed by atoms with Crippen molar-refractivity contribution in [1.29, 1.82) is 0 Å². The van der Waals surface area contributed by atoms with Gasteiger partial charge in [-0.15, -0.1) is 0 Å². The third-order valence-corrected chi connectivity index (χ3v) is 4.26. The zero-order chi connectivity index (χ0) is 9.41. The van der Waals surface area contributed by atoms with Crippen LogP contribution in [0.4, 0.5) is 0 Å². The lowest BCUT2D eigenvalue weighted by molar-refractivity contribution is -0.125. The Hall–Kier alpha value is -0.420. The van der Waals surface area contributed by atoms with E-state index in [9.17, 15) is 13.2 Å². The van der Waals surface area contributed by atoms with Crippen molar-refractivity contribution in [3.05, 3.63) is 0 Å². The number of sulfone groups is 1. The highest BCUT2D eigenvalue weighted by Crippen LogP contribution is 2.32. The maximum absolute atomic E-state index is 11.2. The van der Waals surface area contributed by atoms with Gasteiger partial charge in [-0.3, -0.25) is 4.79 Å². The molecule has 1 rings (SSSR count). The number of rotatable bonds is 2. The highest BCUT2D eigenvalue weighted by Gasteiger charge is 2.42. The van der Waals surface area contributed by atoms with Gasteiger partial charge in [0.25, 0.3) is 0 Å². The predicted octanol–water partition coefficient (Wildman–Crippen LogP) is -0.661. The monoisotopic (exact) mass is 191 g/mol. The van der Waals surface area contributed by atoms with Crippen LogP contribution in [-0.4, -0.2) is 32.3 Å². The molecule has 0 amide bonds. The van der Waals surface area contributed by atoms with Crippen LogP contribution in [0, 0.1) is 5.41 Å². The molecule has 0 aromatic rings. The summed E-state index contributed by atoms with van der Waals surface area (Å²) < 4.78 is 22.1. The van der Waals surface area contributed by atoms with Crippen LogP contribution in [0.2, 0.25) is 0 Å². The van der Waals surface area contributed by atoms with Crippen LogP contribution in [0.25, 0.3) is 0 Å². The third kappa shape index (κ3) is 1.67. The van der Waals surface area contributed by atoms with Crippen molar-refractivity contribution in [2.75, 3.05) is 18.1 Å². The molecule has 0 aromatic carbocycles. The normalized spacial score (nSPS) is 33.5. The van der Waals surface area contributed by atoms with Crippen LogP contribution in [-0.2, 0) is 14.6 Å². The molecule has 0 radical (unpaired) electrons. The number of nitrogens with two attached hydrogens (primary N) is 1. The van der Waals surface area contributed by atoms with Gasteiger partial charge in [0.15, 0.2) is 15.6 Å². The molecule has 0 spiro atoms. The van der Waals surface area contributed by atoms with Crippen LogP contribution in [0.5, 0.6) is 0 Å². The average molecular weight is 191 g/mol. The minimum atomic E-state index is -2.99. The molecule has 0 aromatic heterocycles. The van der Waals surface area contributed by atoms with Crippen molar-refractivity contribution in [2.24, 2.45) is 11.1 Å². The maximum atomic E-state index is 11.2. The van der Waals surface area contributed by atoms with E-state index in [1.165, 1.54) is 0 Å². The molecular formula is C7H13NO3S. The average Bonchev–Trinajstić information content (AvgIpc) is 2.25. The first-order valence-corrected chi connectivity index (χ1v) is 5.66. The molecule has 1 aliphatic heterocycles. The number of Topliss-reactive ketones (excluding diaryl/α,β-unsaturated/α-hetero) is 1. The molecule has 1 heterocycles. The van der Waals surface area contributed by atoms with E-state index < -0.39 is 15.3 Å². The lowest BCUT2D eigenvalue weighted by atomic mass is 9.85. The molecule has 1 saturated heterocycles. The number of hydrogen-bond donors (Lipinski definition) is 1. The lowest BCUT2D eigenvalue weighted by Gasteiger charge is -2.18. The minimum Gasteiger partial charge on any atom is -0.324 e. The van der Waals surface area contributed by atoms with Crippen molar-refractivity contribution in [1.82, 2.24) is 0 Å². The van der Waals surface area contributed by atoms with Crippen LogP contribution < -0.4 is 5.73 Å². The van der Waals surface area contributed by atoms with Gasteiger partial charge in [-0.2, -0.15) is 0 Å². The van der Waals surface area contributed by atoms with E-state index in [1.807, 2.05) is 0 Å². The Morgan fingerprint density at radius 3 is 2.50 bits per heavy atom. The first-order valence-electron chi connectivity index (χ1n) is 3.83. The lowest BCUT2D eigenvalue weighted by Crippen LogP contribution is -2.34. The molecule has 12 heavy (non-hydrogen) atoms. The van der Waals surface area contributed by atoms with E-state index in [0.717, 1.165) is 0 Å². The molecule has 1 aliphatic rings. The van der Waals surface area contributed by atoms with Crippen LogP contribution in [0.1, 0.15) is 13.3 Å². The molecule has 0 bridgehead atoms. The van der Waals surface area contributed by atoms with Gasteiger partial charge in [0, 0.05) is 5.41 Å². The van der Waals surface area contributed by atoms with Gasteiger partial charge >= 0.3 is 0 Å². The molecule has 70 valence electrons. The molecule has 1 atom stereocenters. The molecule has 1 fully saturated rings. The Kier molecular flexibility index (Phi) is 2.27. The van der Waals surface area contributed by atoms with E-state index in [1.54, 1.807) is 6.92 Å². The Balaban J connectivity index is 2.85. The number of ketones is 1. The second-order valence-electron chi connectivity index (χ2n) is 3.53. The van der Waals surface area contributed by atoms with Gasteiger partial charge in [-0.1, -0.05) is 6.92 Å². The summed E-state index contributed by atoms with van der Waals surface area (Å²) in [5, 5.41) is 0. The van der Waals surface area contributed by atoms with Crippen molar-refractivity contribution < 1.29 is 13.2 Å². The smallest absolute Gasteiger partial charge is 0.153 e. The van der Waals surface area contributed by atoms with Gasteiger partial charge < -0.3 is 5.73 Å². The summed E-state index contributed by atoms with van der Waals surface area (Å²) in [7, 11) is -2.99. The van der Waals surface area contributed by atoms with Crippen molar-refractivity contribution in [3.63, 3.8) is 0 Å². The zero-order valence-corrected chi connectivity index (χ0v) is 7.86. The predicted molar refractivity (Wildman–Crippen MR) is 45.4 cm³/mol. The molecule has 0 saturated carbocycles. The minimum absolute atomic E-state index is 0.0317. The summed E-state index contributed by atoms with van der Waals surface area (Å²) in [6, 6.07) is 0. The Bertz CT molecular complexity index is 296. The van der Waals surface area contributed by atoms with Gasteiger partial charge in [0.2, 0.25) is 0 Å². The Morgan fingerprint density at radius 1 is 1.58 bits per heavy atom. The van der Waals surface area contributed by atoms with Crippen LogP contribution in [0.3, 0.4) is 0 Å². The largest absolute Gasteiger partial charge is 0.324 e. The highest BCUT2D eigenvalue weighted by atomic mass is 32.2. The summed E-state index contributed by atoms with van der Waals surface area (Å²) in [5.41, 5.74) is 4.47. The first-order chi connectivity index (χ1) is 5.40. The van der Waals surface area contributed by atoms with E-state index >= 15 is 0 Å². The second-order valence-corrected chi connectivity index (χ2v) is 5.71. The summed E-state index contributed by atoms with van der Waals surface area (Å²) in [4.78, 5) is 11.2. The summed E-state index contributed by atoms with van der Waals surface area (Å²) in [6.45, 7) is 1.61. The number of carbonyl (C=O) groups is 1. The fourth-order valence-electron chi connectivity index (χ4n) is 1.48. The van der Waals surface area contributed by atoms with E-state index in [-0.39, 0.29) is 23.8 Å². The molecule has 1 unspecified atom stereocenters. The molecule has 2 N–H and O–H groups in total. The fourth-order valence-corrected chi connectivity index (χ4v) is 3.66. The molecule has 0 aliphatic carbocycles. The SMILES string of the molecule is CC1(C(=O)CN)CCS(=O)(=O)C1. The fraction of sp³-hybridized carbons (Fsp3) is 0.857. The van der Waals surface area contributed by atoms with E-state index in [0.29, 0.717) is 6.42 Å². The maximum Gasteiger partial charge on any atom is 0.153 e. The van der Waals surface area contributed by atoms with Gasteiger partial charge in [0.05, 0.1) is 18.1 Å². The Morgan fingerprint density at radius 2 is 2.17 bits per heavy atom. The molecule has 4 nitrogen and oxygen atoms in total. The Labute approximate surface area is 72.0 Å². The molecule has 5 heteroatoms. The second kappa shape index (κ2) is 2.81. The first kappa shape index (κ1) is 9.67. The van der Waals surface area contributed by atoms with E-state index in [2.05, 4.69) is 0 Å². The summed E-state index contributed by atoms with van der Waals surface area (Å²) >= 11 is 0. The van der Waals surface area contributed by atoms with Gasteiger partial charge in [-0.25, -0.2) is 8.42 Å². The van der Waals surface area contributed by atoms with Crippen molar-refractivity contribution >= 4 is 15.6 Å². The summed E-state index contributed by atoms with van der Waals surface area (Å²) in [5.74, 6) is -0.0609. The zero-order valence-electron chi connectivity index (χ0n) is 7.04. The quantitative estimate of drug-likeness (QED) is 0.628. The number of hydrogen-bond acceptors (Lipinski definition) is 4. The van der Waals surface area contributed by atoms with Gasteiger partial charge in [0.1, 0.15) is 0 Å².